The van der Waals surface area contributed by atoms with Crippen molar-refractivity contribution in [3.8, 4) is 28.4 Å². The molecular weight excluding hydrogens is 446 g/mol. The molecule has 0 aliphatic carbocycles. The Morgan fingerprint density at radius 3 is 2.20 bits per heavy atom. The van der Waals surface area contributed by atoms with Gasteiger partial charge in [-0.3, -0.25) is 0 Å². The molecule has 1 heterocycles. The number of aromatic nitrogens is 2. The van der Waals surface area contributed by atoms with E-state index in [1.807, 2.05) is 12.1 Å². The van der Waals surface area contributed by atoms with Crippen LogP contribution in [0, 0.1) is 5.82 Å². The van der Waals surface area contributed by atoms with E-state index in [0.717, 1.165) is 16.7 Å². The van der Waals surface area contributed by atoms with Crippen LogP contribution in [0.4, 0.5) is 4.39 Å². The maximum absolute atomic E-state index is 13.1. The molecule has 0 saturated carbocycles. The number of hydrogen-bond acceptors (Lipinski definition) is 3. The van der Waals surface area contributed by atoms with Crippen LogP contribution >= 0.6 is 34.8 Å². The second kappa shape index (κ2) is 9.00. The number of nitrogens with zero attached hydrogens (tertiary/aromatic N) is 2. The Labute approximate surface area is 188 Å². The van der Waals surface area contributed by atoms with Crippen LogP contribution in [0.25, 0.3) is 22.4 Å². The van der Waals surface area contributed by atoms with Gasteiger partial charge in [0.25, 0.3) is 0 Å². The summed E-state index contributed by atoms with van der Waals surface area (Å²) < 4.78 is 18.8. The fourth-order valence-corrected chi connectivity index (χ4v) is 3.52. The molecule has 30 heavy (non-hydrogen) atoms. The van der Waals surface area contributed by atoms with Gasteiger partial charge in [-0.15, -0.1) is 0 Å². The van der Waals surface area contributed by atoms with Crippen molar-refractivity contribution in [2.45, 2.75) is 6.61 Å². The van der Waals surface area contributed by atoms with Crippen molar-refractivity contribution >= 4 is 34.8 Å². The molecule has 0 amide bonds. The number of benzene rings is 3. The Balaban J connectivity index is 1.73. The molecule has 0 unspecified atom stereocenters. The summed E-state index contributed by atoms with van der Waals surface area (Å²) in [6.45, 7) is 0.203. The highest BCUT2D eigenvalue weighted by atomic mass is 35.5. The largest absolute Gasteiger partial charge is 0.459 e. The van der Waals surface area contributed by atoms with E-state index in [9.17, 15) is 4.39 Å². The molecule has 0 bridgehead atoms. The predicted octanol–water partition coefficient (Wildman–Crippen LogP) is 7.49. The zero-order valence-corrected chi connectivity index (χ0v) is 17.7. The zero-order chi connectivity index (χ0) is 21.1. The third-order valence-corrected chi connectivity index (χ3v) is 5.19. The van der Waals surface area contributed by atoms with Gasteiger partial charge in [-0.05, 0) is 53.6 Å². The van der Waals surface area contributed by atoms with Crippen LogP contribution in [-0.2, 0) is 6.61 Å². The minimum Gasteiger partial charge on any atom is -0.459 e. The Morgan fingerprint density at radius 1 is 0.800 bits per heavy atom. The van der Waals surface area contributed by atoms with Crippen LogP contribution in [-0.4, -0.2) is 9.97 Å². The van der Waals surface area contributed by atoms with Gasteiger partial charge in [0.15, 0.2) is 0 Å². The van der Waals surface area contributed by atoms with Crippen molar-refractivity contribution in [2.75, 3.05) is 0 Å². The van der Waals surface area contributed by atoms with Crippen molar-refractivity contribution in [2.24, 2.45) is 0 Å². The van der Waals surface area contributed by atoms with Gasteiger partial charge in [0.2, 0.25) is 0 Å². The van der Waals surface area contributed by atoms with Crippen LogP contribution in [0.2, 0.25) is 15.1 Å². The zero-order valence-electron chi connectivity index (χ0n) is 15.4. The van der Waals surface area contributed by atoms with Crippen molar-refractivity contribution < 1.29 is 9.13 Å². The first-order valence-electron chi connectivity index (χ1n) is 8.95. The molecule has 7 heteroatoms. The molecular formula is C23H14Cl3FN2O. The SMILES string of the molecule is Fc1ccc(COc2ncc(-c3ccc(Cl)cc3)c(-c3ccc(Cl)cc3Cl)n2)cc1. The molecule has 0 fully saturated rings. The predicted molar refractivity (Wildman–Crippen MR) is 119 cm³/mol. The molecule has 0 atom stereocenters. The third kappa shape index (κ3) is 4.73. The molecule has 4 rings (SSSR count). The van der Waals surface area contributed by atoms with E-state index < -0.39 is 0 Å². The van der Waals surface area contributed by atoms with Gasteiger partial charge >= 0.3 is 6.01 Å². The first-order chi connectivity index (χ1) is 14.5. The van der Waals surface area contributed by atoms with Crippen LogP contribution in [0.5, 0.6) is 6.01 Å². The average Bonchev–Trinajstić information content (AvgIpc) is 2.74. The summed E-state index contributed by atoms with van der Waals surface area (Å²) >= 11 is 18.5. The second-order valence-corrected chi connectivity index (χ2v) is 7.74. The van der Waals surface area contributed by atoms with Gasteiger partial charge in [0.1, 0.15) is 12.4 Å². The first-order valence-corrected chi connectivity index (χ1v) is 10.1. The van der Waals surface area contributed by atoms with E-state index in [4.69, 9.17) is 39.5 Å². The molecule has 0 radical (unpaired) electrons. The summed E-state index contributed by atoms with van der Waals surface area (Å²) in [5.41, 5.74) is 3.74. The third-order valence-electron chi connectivity index (χ3n) is 4.39. The van der Waals surface area contributed by atoms with Crippen LogP contribution in [0.15, 0.2) is 72.9 Å². The van der Waals surface area contributed by atoms with E-state index in [1.54, 1.807) is 48.7 Å². The molecule has 0 aliphatic heterocycles. The van der Waals surface area contributed by atoms with Crippen molar-refractivity contribution in [1.29, 1.82) is 0 Å². The van der Waals surface area contributed by atoms with E-state index >= 15 is 0 Å². The molecule has 3 nitrogen and oxygen atoms in total. The molecule has 0 spiro atoms. The number of ether oxygens (including phenoxy) is 1. The lowest BCUT2D eigenvalue weighted by atomic mass is 10.0. The van der Waals surface area contributed by atoms with Gasteiger partial charge in [0.05, 0.1) is 10.7 Å². The number of hydrogen-bond donors (Lipinski definition) is 0. The number of halogens is 4. The van der Waals surface area contributed by atoms with Crippen LogP contribution in [0.1, 0.15) is 5.56 Å². The smallest absolute Gasteiger partial charge is 0.317 e. The first kappa shape index (κ1) is 20.6. The highest BCUT2D eigenvalue weighted by Crippen LogP contribution is 2.36. The van der Waals surface area contributed by atoms with Gasteiger partial charge in [-0.1, -0.05) is 59.1 Å². The monoisotopic (exact) mass is 458 g/mol. The van der Waals surface area contributed by atoms with E-state index in [-0.39, 0.29) is 18.4 Å². The van der Waals surface area contributed by atoms with Gasteiger partial charge < -0.3 is 4.74 Å². The van der Waals surface area contributed by atoms with Crippen molar-refractivity contribution in [3.05, 3.63) is 99.4 Å². The topological polar surface area (TPSA) is 35.0 Å². The standard InChI is InChI=1S/C23H14Cl3FN2O/c24-16-5-3-15(4-6-16)20-12-28-23(30-13-14-1-8-18(27)9-2-14)29-22(20)19-10-7-17(25)11-21(19)26/h1-12H,13H2. The lowest BCUT2D eigenvalue weighted by Crippen LogP contribution is -2.02. The summed E-state index contributed by atoms with van der Waals surface area (Å²) in [4.78, 5) is 8.93. The summed E-state index contributed by atoms with van der Waals surface area (Å²) in [5, 5.41) is 1.62. The molecule has 0 N–H and O–H groups in total. The molecule has 0 saturated heterocycles. The Morgan fingerprint density at radius 2 is 1.50 bits per heavy atom. The molecule has 0 aliphatic rings. The summed E-state index contributed by atoms with van der Waals surface area (Å²) in [6, 6.07) is 18.8. The van der Waals surface area contributed by atoms with E-state index in [2.05, 4.69) is 9.97 Å². The minimum absolute atomic E-state index is 0.179. The van der Waals surface area contributed by atoms with Crippen LogP contribution < -0.4 is 4.74 Å². The minimum atomic E-state index is -0.304. The Bertz CT molecular complexity index is 1180. The lowest BCUT2D eigenvalue weighted by Gasteiger charge is -2.13. The second-order valence-electron chi connectivity index (χ2n) is 6.46. The summed E-state index contributed by atoms with van der Waals surface area (Å²) in [6.07, 6.45) is 1.68. The molecule has 3 aromatic carbocycles. The highest BCUT2D eigenvalue weighted by Gasteiger charge is 2.15. The summed E-state index contributed by atoms with van der Waals surface area (Å²) in [5.74, 6) is -0.304. The van der Waals surface area contributed by atoms with Crippen LogP contribution in [0.3, 0.4) is 0 Å². The normalized spacial score (nSPS) is 10.8. The Kier molecular flexibility index (Phi) is 6.18. The molecule has 150 valence electrons. The maximum Gasteiger partial charge on any atom is 0.317 e. The van der Waals surface area contributed by atoms with Crippen molar-refractivity contribution in [1.82, 2.24) is 9.97 Å². The van der Waals surface area contributed by atoms with Gasteiger partial charge in [-0.2, -0.15) is 4.98 Å². The van der Waals surface area contributed by atoms with Gasteiger partial charge in [-0.25, -0.2) is 9.37 Å². The van der Waals surface area contributed by atoms with E-state index in [0.29, 0.717) is 26.3 Å². The van der Waals surface area contributed by atoms with Gasteiger partial charge in [0, 0.05) is 27.4 Å². The Hall–Kier alpha value is -2.66. The quantitative estimate of drug-likeness (QED) is 0.310. The number of rotatable bonds is 5. The fraction of sp³-hybridized carbons (Fsp3) is 0.0435. The summed E-state index contributed by atoms with van der Waals surface area (Å²) in [7, 11) is 0. The fourth-order valence-electron chi connectivity index (χ4n) is 2.89. The average molecular weight is 460 g/mol. The highest BCUT2D eigenvalue weighted by molar-refractivity contribution is 6.36. The van der Waals surface area contributed by atoms with Crippen molar-refractivity contribution in [3.63, 3.8) is 0 Å². The lowest BCUT2D eigenvalue weighted by molar-refractivity contribution is 0.281. The molecule has 1 aromatic heterocycles. The molecule has 4 aromatic rings. The maximum atomic E-state index is 13.1. The van der Waals surface area contributed by atoms with E-state index in [1.165, 1.54) is 12.1 Å².